The van der Waals surface area contributed by atoms with Gasteiger partial charge in [0.25, 0.3) is 0 Å². The van der Waals surface area contributed by atoms with E-state index in [-0.39, 0.29) is 16.8 Å². The van der Waals surface area contributed by atoms with E-state index in [2.05, 4.69) is 10.5 Å². The van der Waals surface area contributed by atoms with Gasteiger partial charge in [-0.3, -0.25) is 5.43 Å². The van der Waals surface area contributed by atoms with E-state index in [0.717, 1.165) is 12.1 Å². The van der Waals surface area contributed by atoms with E-state index in [1.807, 2.05) is 0 Å². The van der Waals surface area contributed by atoms with E-state index in [9.17, 15) is 19.8 Å². The molecule has 1 aliphatic heterocycles. The Balaban J connectivity index is 2.42. The van der Waals surface area contributed by atoms with Gasteiger partial charge in [-0.25, -0.2) is 4.39 Å². The fraction of sp³-hybridized carbons (Fsp3) is 0.0909. The molecule has 0 spiro atoms. The van der Waals surface area contributed by atoms with Crippen LogP contribution in [0.3, 0.4) is 0 Å². The lowest BCUT2D eigenvalue weighted by molar-refractivity contribution is -0.582. The van der Waals surface area contributed by atoms with Crippen molar-refractivity contribution in [1.29, 1.82) is 0 Å². The molecule has 1 atom stereocenters. The highest BCUT2D eigenvalue weighted by atomic mass is 19.1. The van der Waals surface area contributed by atoms with E-state index < -0.39 is 17.9 Å². The van der Waals surface area contributed by atoms with Crippen molar-refractivity contribution in [3.8, 4) is 0 Å². The summed E-state index contributed by atoms with van der Waals surface area (Å²) in [5, 5.41) is 36.8. The number of benzene rings is 1. The molecule has 1 aromatic carbocycles. The van der Waals surface area contributed by atoms with Crippen molar-refractivity contribution in [1.82, 2.24) is 5.43 Å². The Morgan fingerprint density at radius 2 is 2.17 bits per heavy atom. The number of halogens is 1. The Kier molecular flexibility index (Phi) is 2.11. The zero-order valence-corrected chi connectivity index (χ0v) is 8.92. The molecule has 0 saturated heterocycles. The highest BCUT2D eigenvalue weighted by Crippen LogP contribution is 2.22. The Hall–Kier alpha value is -2.41. The molecule has 6 nitrogen and oxygen atoms in total. The van der Waals surface area contributed by atoms with Crippen molar-refractivity contribution in [3.63, 3.8) is 0 Å². The molecular formula is C11H7FN3O3-. The summed E-state index contributed by atoms with van der Waals surface area (Å²) in [6.45, 7) is 0. The van der Waals surface area contributed by atoms with E-state index in [1.54, 1.807) is 0 Å². The number of aliphatic hydroxyl groups excluding tert-OH is 1. The number of nitrogens with one attached hydrogen (secondary N) is 1. The second kappa shape index (κ2) is 3.54. The molecule has 1 unspecified atom stereocenters. The van der Waals surface area contributed by atoms with Crippen LogP contribution in [0.1, 0.15) is 17.5 Å². The van der Waals surface area contributed by atoms with E-state index in [1.165, 1.54) is 12.1 Å². The summed E-state index contributed by atoms with van der Waals surface area (Å²) >= 11 is 0. The van der Waals surface area contributed by atoms with E-state index in [0.29, 0.717) is 10.1 Å². The Labute approximate surface area is 100 Å². The van der Waals surface area contributed by atoms with Crippen molar-refractivity contribution in [2.45, 2.75) is 6.23 Å². The average molecular weight is 248 g/mol. The van der Waals surface area contributed by atoms with Crippen LogP contribution in [0, 0.1) is 11.0 Å². The fourth-order valence-electron chi connectivity index (χ4n) is 1.96. The monoisotopic (exact) mass is 248 g/mol. The number of hydrogen-bond acceptors (Lipinski definition) is 5. The maximum atomic E-state index is 13.1. The average Bonchev–Trinajstić information content (AvgIpc) is 2.33. The number of hydrogen-bond donors (Lipinski definition) is 2. The Morgan fingerprint density at radius 1 is 1.39 bits per heavy atom. The van der Waals surface area contributed by atoms with Crippen LogP contribution >= 0.6 is 0 Å². The van der Waals surface area contributed by atoms with Gasteiger partial charge in [0, 0.05) is 6.07 Å². The molecule has 2 N–H and O–H groups in total. The maximum absolute atomic E-state index is 13.1. The Morgan fingerprint density at radius 3 is 2.94 bits per heavy atom. The number of hydrazone groups is 1. The molecule has 2 aromatic rings. The molecule has 0 amide bonds. The van der Waals surface area contributed by atoms with Crippen molar-refractivity contribution >= 4 is 16.8 Å². The molecule has 0 radical (unpaired) electrons. The van der Waals surface area contributed by atoms with E-state index in [4.69, 9.17) is 0 Å². The quantitative estimate of drug-likeness (QED) is 0.472. The van der Waals surface area contributed by atoms with Crippen LogP contribution in [0.2, 0.25) is 0 Å². The fourth-order valence-corrected chi connectivity index (χ4v) is 1.96. The minimum atomic E-state index is -1.26. The summed E-state index contributed by atoms with van der Waals surface area (Å²) in [4.78, 5) is 0. The molecule has 0 aliphatic carbocycles. The molecule has 0 saturated carbocycles. The van der Waals surface area contributed by atoms with Crippen LogP contribution in [0.5, 0.6) is 0 Å². The van der Waals surface area contributed by atoms with Crippen molar-refractivity contribution in [2.75, 3.05) is 0 Å². The third kappa shape index (κ3) is 1.37. The topological polar surface area (TPSA) is 94.6 Å². The summed E-state index contributed by atoms with van der Waals surface area (Å²) in [6, 6.07) is 4.96. The summed E-state index contributed by atoms with van der Waals surface area (Å²) in [6.07, 6.45) is -1.26. The highest BCUT2D eigenvalue weighted by molar-refractivity contribution is 5.91. The first-order valence-electron chi connectivity index (χ1n) is 5.12. The van der Waals surface area contributed by atoms with Gasteiger partial charge in [0.2, 0.25) is 11.2 Å². The summed E-state index contributed by atoms with van der Waals surface area (Å²) in [5.74, 6) is -1.27. The standard InChI is InChI=1S/C11H8FN3O3/c12-6-1-2-8-5(3-6)4-7-9(15(8)18)11(17)14-13-10(7)16/h1-4,10,13,16H,(H,14,17)/p-1. The van der Waals surface area contributed by atoms with Gasteiger partial charge in [-0.05, 0) is 18.2 Å². The van der Waals surface area contributed by atoms with Crippen molar-refractivity contribution in [3.05, 3.63) is 46.5 Å². The molecular weight excluding hydrogens is 241 g/mol. The van der Waals surface area contributed by atoms with Gasteiger partial charge in [0.1, 0.15) is 5.82 Å². The number of nitrogens with zero attached hydrogens (tertiary/aromatic N) is 2. The first-order chi connectivity index (χ1) is 8.58. The van der Waals surface area contributed by atoms with Gasteiger partial charge < -0.3 is 15.4 Å². The van der Waals surface area contributed by atoms with Gasteiger partial charge >= 0.3 is 0 Å². The van der Waals surface area contributed by atoms with Crippen molar-refractivity contribution in [2.24, 2.45) is 5.10 Å². The maximum Gasteiger partial charge on any atom is 0.237 e. The first-order valence-corrected chi connectivity index (χ1v) is 5.12. The molecule has 18 heavy (non-hydrogen) atoms. The van der Waals surface area contributed by atoms with Crippen LogP contribution < -0.4 is 15.3 Å². The van der Waals surface area contributed by atoms with Crippen LogP contribution in [-0.4, -0.2) is 11.0 Å². The third-order valence-electron chi connectivity index (χ3n) is 2.78. The number of pyridine rings is 1. The predicted molar refractivity (Wildman–Crippen MR) is 57.5 cm³/mol. The molecule has 1 aliphatic rings. The molecule has 1 aromatic heterocycles. The smallest absolute Gasteiger partial charge is 0.237 e. The number of aromatic nitrogens is 1. The SMILES string of the molecule is [O-]C1=NNC(O)c2cc3cc(F)ccc3[n+]([O-])c21. The minimum Gasteiger partial charge on any atom is -0.853 e. The second-order valence-electron chi connectivity index (χ2n) is 3.89. The van der Waals surface area contributed by atoms with Gasteiger partial charge in [-0.2, -0.15) is 9.83 Å². The molecule has 3 rings (SSSR count). The number of aliphatic hydroxyl groups is 1. The lowest BCUT2D eigenvalue weighted by Crippen LogP contribution is -2.45. The van der Waals surface area contributed by atoms with E-state index >= 15 is 0 Å². The van der Waals surface area contributed by atoms with Gasteiger partial charge in [0.15, 0.2) is 6.23 Å². The molecule has 7 heteroatoms. The number of fused-ring (bicyclic) bond motifs is 2. The number of rotatable bonds is 0. The minimum absolute atomic E-state index is 0.0862. The van der Waals surface area contributed by atoms with Gasteiger partial charge in [0.05, 0.1) is 16.8 Å². The van der Waals surface area contributed by atoms with Gasteiger partial charge in [-0.1, -0.05) is 0 Å². The third-order valence-corrected chi connectivity index (χ3v) is 2.78. The molecule has 0 fully saturated rings. The second-order valence-corrected chi connectivity index (χ2v) is 3.89. The Bertz CT molecular complexity index is 687. The van der Waals surface area contributed by atoms with Gasteiger partial charge in [-0.15, -0.1) is 0 Å². The van der Waals surface area contributed by atoms with Crippen LogP contribution in [0.4, 0.5) is 4.39 Å². The summed E-state index contributed by atoms with van der Waals surface area (Å²) in [5.41, 5.74) is 2.16. The zero-order chi connectivity index (χ0) is 12.9. The zero-order valence-electron chi connectivity index (χ0n) is 8.92. The largest absolute Gasteiger partial charge is 0.853 e. The van der Waals surface area contributed by atoms with Crippen LogP contribution in [-0.2, 0) is 0 Å². The molecule has 92 valence electrons. The van der Waals surface area contributed by atoms with Crippen molar-refractivity contribution < 1.29 is 19.3 Å². The normalized spacial score (nSPS) is 18.1. The first kappa shape index (κ1) is 10.7. The highest BCUT2D eigenvalue weighted by Gasteiger charge is 2.26. The summed E-state index contributed by atoms with van der Waals surface area (Å²) < 4.78 is 13.5. The van der Waals surface area contributed by atoms with Crippen LogP contribution in [0.15, 0.2) is 29.4 Å². The lowest BCUT2D eigenvalue weighted by atomic mass is 10.1. The van der Waals surface area contributed by atoms with Crippen LogP contribution in [0.25, 0.3) is 10.9 Å². The molecule has 0 bridgehead atoms. The predicted octanol–water partition coefficient (Wildman–Crippen LogP) is -0.772. The lowest BCUT2D eigenvalue weighted by Gasteiger charge is -2.23. The molecule has 2 heterocycles. The summed E-state index contributed by atoms with van der Waals surface area (Å²) in [7, 11) is 0.